The van der Waals surface area contributed by atoms with E-state index in [9.17, 15) is 4.79 Å². The van der Waals surface area contributed by atoms with Gasteiger partial charge in [0.1, 0.15) is 6.04 Å². The molecular formula is C9H21N3O2S. The van der Waals surface area contributed by atoms with Gasteiger partial charge in [0.05, 0.1) is 0 Å². The second-order valence-corrected chi connectivity index (χ2v) is 4.21. The standard InChI is InChI=1S/C5H11NO2S.C4H10N2/c1-9-3-2-4(6)5(7)8;1-2-6-4-3-5-1/h4H,2-3,6H2,1H3,(H,7,8);5-6H,1-4H2/t4-;/m0./s1. The first-order valence-electron chi connectivity index (χ1n) is 5.07. The van der Waals surface area contributed by atoms with E-state index in [1.807, 2.05) is 6.26 Å². The van der Waals surface area contributed by atoms with Crippen molar-refractivity contribution in [3.05, 3.63) is 0 Å². The normalized spacial score (nSPS) is 17.5. The summed E-state index contributed by atoms with van der Waals surface area (Å²) in [6.45, 7) is 4.56. The molecule has 1 aliphatic rings. The summed E-state index contributed by atoms with van der Waals surface area (Å²) in [5.74, 6) is -0.1000. The minimum atomic E-state index is -0.913. The highest BCUT2D eigenvalue weighted by molar-refractivity contribution is 7.98. The summed E-state index contributed by atoms with van der Waals surface area (Å²) in [5, 5.41) is 14.7. The van der Waals surface area contributed by atoms with Gasteiger partial charge in [-0.1, -0.05) is 0 Å². The number of piperazine rings is 1. The Morgan fingerprint density at radius 2 is 1.87 bits per heavy atom. The van der Waals surface area contributed by atoms with Gasteiger partial charge in [0.25, 0.3) is 0 Å². The maximum atomic E-state index is 10.1. The third-order valence-electron chi connectivity index (χ3n) is 1.91. The molecule has 0 spiro atoms. The molecule has 1 atom stereocenters. The third kappa shape index (κ3) is 9.99. The molecule has 90 valence electrons. The molecule has 1 aliphatic heterocycles. The van der Waals surface area contributed by atoms with Crippen LogP contribution in [0.25, 0.3) is 0 Å². The molecule has 0 unspecified atom stereocenters. The minimum Gasteiger partial charge on any atom is -0.480 e. The minimum absolute atomic E-state index is 0.552. The summed E-state index contributed by atoms with van der Waals surface area (Å²) < 4.78 is 0. The molecule has 1 fully saturated rings. The number of carbonyl (C=O) groups is 1. The van der Waals surface area contributed by atoms with Crippen LogP contribution in [0.3, 0.4) is 0 Å². The van der Waals surface area contributed by atoms with E-state index in [1.165, 1.54) is 0 Å². The van der Waals surface area contributed by atoms with Gasteiger partial charge >= 0.3 is 5.97 Å². The maximum absolute atomic E-state index is 10.1. The molecule has 0 amide bonds. The summed E-state index contributed by atoms with van der Waals surface area (Å²) in [6.07, 6.45) is 2.48. The maximum Gasteiger partial charge on any atom is 0.320 e. The molecule has 0 bridgehead atoms. The number of aliphatic carboxylic acids is 1. The fourth-order valence-corrected chi connectivity index (χ4v) is 1.46. The Labute approximate surface area is 95.2 Å². The average Bonchev–Trinajstić information content (AvgIpc) is 2.29. The van der Waals surface area contributed by atoms with Gasteiger partial charge in [0, 0.05) is 26.2 Å². The van der Waals surface area contributed by atoms with Crippen LogP contribution in [0.15, 0.2) is 0 Å². The van der Waals surface area contributed by atoms with Crippen molar-refractivity contribution in [2.24, 2.45) is 5.73 Å². The van der Waals surface area contributed by atoms with Crippen molar-refractivity contribution in [2.75, 3.05) is 38.2 Å². The molecule has 1 rings (SSSR count). The summed E-state index contributed by atoms with van der Waals surface area (Å²) in [7, 11) is 0. The number of hydrogen-bond acceptors (Lipinski definition) is 5. The van der Waals surface area contributed by atoms with Gasteiger partial charge in [-0.15, -0.1) is 0 Å². The summed E-state index contributed by atoms with van der Waals surface area (Å²) in [5.41, 5.74) is 5.19. The van der Waals surface area contributed by atoms with Gasteiger partial charge in [0.15, 0.2) is 0 Å². The summed E-state index contributed by atoms with van der Waals surface area (Å²) in [6, 6.07) is -0.683. The quantitative estimate of drug-likeness (QED) is 0.517. The highest BCUT2D eigenvalue weighted by Gasteiger charge is 2.08. The van der Waals surface area contributed by atoms with Crippen LogP contribution in [0.1, 0.15) is 6.42 Å². The van der Waals surface area contributed by atoms with Crippen LogP contribution in [0.2, 0.25) is 0 Å². The number of thioether (sulfide) groups is 1. The second-order valence-electron chi connectivity index (χ2n) is 3.23. The fraction of sp³-hybridized carbons (Fsp3) is 0.889. The van der Waals surface area contributed by atoms with Gasteiger partial charge in [-0.05, 0) is 18.4 Å². The van der Waals surface area contributed by atoms with Crippen LogP contribution in [0.4, 0.5) is 0 Å². The predicted octanol–water partition coefficient (Wildman–Crippen LogP) is -0.669. The second kappa shape index (κ2) is 10.2. The Hall–Kier alpha value is -0.300. The molecule has 0 aliphatic carbocycles. The van der Waals surface area contributed by atoms with E-state index in [1.54, 1.807) is 11.8 Å². The molecule has 0 saturated carbocycles. The lowest BCUT2D eigenvalue weighted by Crippen LogP contribution is -2.39. The van der Waals surface area contributed by atoms with Crippen LogP contribution in [-0.2, 0) is 4.79 Å². The Morgan fingerprint density at radius 3 is 2.13 bits per heavy atom. The van der Waals surface area contributed by atoms with Crippen molar-refractivity contribution >= 4 is 17.7 Å². The highest BCUT2D eigenvalue weighted by atomic mass is 32.2. The molecule has 15 heavy (non-hydrogen) atoms. The van der Waals surface area contributed by atoms with Gasteiger partial charge in [0.2, 0.25) is 0 Å². The molecule has 0 aromatic rings. The molecule has 5 N–H and O–H groups in total. The number of nitrogens with one attached hydrogen (secondary N) is 2. The Morgan fingerprint density at radius 1 is 1.40 bits per heavy atom. The van der Waals surface area contributed by atoms with E-state index in [-0.39, 0.29) is 0 Å². The Balaban J connectivity index is 0.000000280. The van der Waals surface area contributed by atoms with E-state index in [0.29, 0.717) is 6.42 Å². The lowest BCUT2D eigenvalue weighted by Gasteiger charge is -2.11. The number of rotatable bonds is 4. The topological polar surface area (TPSA) is 87.4 Å². The lowest BCUT2D eigenvalue weighted by atomic mass is 10.2. The SMILES string of the molecule is C1CNCCN1.CSCC[C@H](N)C(=O)O. The van der Waals surface area contributed by atoms with Crippen molar-refractivity contribution in [2.45, 2.75) is 12.5 Å². The Bertz CT molecular complexity index is 154. The lowest BCUT2D eigenvalue weighted by molar-refractivity contribution is -0.138. The molecule has 0 radical (unpaired) electrons. The average molecular weight is 235 g/mol. The van der Waals surface area contributed by atoms with Crippen LogP contribution in [0.5, 0.6) is 0 Å². The summed E-state index contributed by atoms with van der Waals surface area (Å²) in [4.78, 5) is 10.1. The van der Waals surface area contributed by atoms with Crippen LogP contribution >= 0.6 is 11.8 Å². The first-order valence-corrected chi connectivity index (χ1v) is 6.46. The largest absolute Gasteiger partial charge is 0.480 e. The van der Waals surface area contributed by atoms with E-state index >= 15 is 0 Å². The molecular weight excluding hydrogens is 214 g/mol. The van der Waals surface area contributed by atoms with Crippen LogP contribution < -0.4 is 16.4 Å². The summed E-state index contributed by atoms with van der Waals surface area (Å²) >= 11 is 1.60. The van der Waals surface area contributed by atoms with E-state index in [2.05, 4.69) is 10.6 Å². The van der Waals surface area contributed by atoms with E-state index < -0.39 is 12.0 Å². The zero-order valence-electron chi connectivity index (χ0n) is 9.16. The number of carboxylic acids is 1. The molecule has 5 nitrogen and oxygen atoms in total. The molecule has 6 heteroatoms. The van der Waals surface area contributed by atoms with Gasteiger partial charge in [-0.3, -0.25) is 4.79 Å². The molecule has 0 aromatic carbocycles. The zero-order valence-corrected chi connectivity index (χ0v) is 9.98. The van der Waals surface area contributed by atoms with Crippen molar-refractivity contribution in [1.82, 2.24) is 10.6 Å². The van der Waals surface area contributed by atoms with Gasteiger partial charge < -0.3 is 21.5 Å². The molecule has 1 heterocycles. The van der Waals surface area contributed by atoms with Gasteiger partial charge in [-0.2, -0.15) is 11.8 Å². The Kier molecular flexibility index (Phi) is 10.0. The third-order valence-corrected chi connectivity index (χ3v) is 2.55. The van der Waals surface area contributed by atoms with E-state index in [4.69, 9.17) is 10.8 Å². The van der Waals surface area contributed by atoms with Crippen LogP contribution in [-0.4, -0.2) is 55.3 Å². The van der Waals surface area contributed by atoms with Crippen molar-refractivity contribution in [1.29, 1.82) is 0 Å². The molecule has 0 aromatic heterocycles. The van der Waals surface area contributed by atoms with Crippen LogP contribution in [0, 0.1) is 0 Å². The predicted molar refractivity (Wildman–Crippen MR) is 64.3 cm³/mol. The number of nitrogens with two attached hydrogens (primary N) is 1. The fourth-order valence-electron chi connectivity index (χ4n) is 0.972. The van der Waals surface area contributed by atoms with Gasteiger partial charge in [-0.25, -0.2) is 0 Å². The van der Waals surface area contributed by atoms with Crippen molar-refractivity contribution < 1.29 is 9.90 Å². The first-order chi connectivity index (χ1) is 7.18. The smallest absolute Gasteiger partial charge is 0.320 e. The monoisotopic (exact) mass is 235 g/mol. The highest BCUT2D eigenvalue weighted by Crippen LogP contribution is 1.97. The van der Waals surface area contributed by atoms with Crippen molar-refractivity contribution in [3.8, 4) is 0 Å². The van der Waals surface area contributed by atoms with E-state index in [0.717, 1.165) is 31.9 Å². The number of hydrogen-bond donors (Lipinski definition) is 4. The zero-order chi connectivity index (χ0) is 11.5. The molecule has 1 saturated heterocycles. The number of carboxylic acid groups (broad SMARTS) is 1. The van der Waals surface area contributed by atoms with Crippen molar-refractivity contribution in [3.63, 3.8) is 0 Å². The first kappa shape index (κ1) is 14.7.